The summed E-state index contributed by atoms with van der Waals surface area (Å²) in [5, 5.41) is 17.7. The Balaban J connectivity index is 0.00000105. The molecular formula is C19H31BN2O4. The molecule has 1 aliphatic heterocycles. The van der Waals surface area contributed by atoms with Gasteiger partial charge < -0.3 is 15.8 Å². The number of hydrogen-bond acceptors (Lipinski definition) is 6. The van der Waals surface area contributed by atoms with E-state index in [0.29, 0.717) is 12.2 Å². The first-order valence-electron chi connectivity index (χ1n) is 9.35. The van der Waals surface area contributed by atoms with Gasteiger partial charge >= 0.3 is 13.3 Å². The van der Waals surface area contributed by atoms with Gasteiger partial charge in [0.2, 0.25) is 0 Å². The molecule has 0 aliphatic carbocycles. The SMILES string of the molecule is Cc1cccc(CN2CCC(C(N)CCCCB(O)O)CC2)c1.O=C=O. The number of hydrogen-bond donors (Lipinski definition) is 3. The summed E-state index contributed by atoms with van der Waals surface area (Å²) in [7, 11) is -1.17. The van der Waals surface area contributed by atoms with E-state index < -0.39 is 7.12 Å². The summed E-state index contributed by atoms with van der Waals surface area (Å²) in [6.07, 6.45) is 5.89. The molecular weight excluding hydrogens is 331 g/mol. The van der Waals surface area contributed by atoms with Crippen molar-refractivity contribution in [2.45, 2.75) is 57.9 Å². The molecule has 1 atom stereocenters. The van der Waals surface area contributed by atoms with E-state index in [1.54, 1.807) is 0 Å². The molecule has 1 aliphatic rings. The van der Waals surface area contributed by atoms with Crippen molar-refractivity contribution in [2.75, 3.05) is 13.1 Å². The highest BCUT2D eigenvalue weighted by Crippen LogP contribution is 2.24. The third kappa shape index (κ3) is 9.27. The van der Waals surface area contributed by atoms with Crippen LogP contribution in [0.25, 0.3) is 0 Å². The smallest absolute Gasteiger partial charge is 0.427 e. The Kier molecular flexibility index (Phi) is 11.1. The molecule has 0 amide bonds. The predicted octanol–water partition coefficient (Wildman–Crippen LogP) is 1.59. The summed E-state index contributed by atoms with van der Waals surface area (Å²) in [4.78, 5) is 18.8. The highest BCUT2D eigenvalue weighted by molar-refractivity contribution is 6.40. The van der Waals surface area contributed by atoms with E-state index in [9.17, 15) is 0 Å². The van der Waals surface area contributed by atoms with Crippen LogP contribution in [0.1, 0.15) is 43.2 Å². The zero-order valence-corrected chi connectivity index (χ0v) is 15.6. The predicted molar refractivity (Wildman–Crippen MR) is 101 cm³/mol. The Morgan fingerprint density at radius 2 is 1.92 bits per heavy atom. The second-order valence-corrected chi connectivity index (χ2v) is 7.11. The first-order chi connectivity index (χ1) is 12.5. The normalized spacial score (nSPS) is 16.3. The van der Waals surface area contributed by atoms with Gasteiger partial charge in [-0.15, -0.1) is 0 Å². The van der Waals surface area contributed by atoms with Crippen LogP contribution in [0.4, 0.5) is 0 Å². The fourth-order valence-electron chi connectivity index (χ4n) is 3.55. The molecule has 1 aromatic carbocycles. The number of benzene rings is 1. The van der Waals surface area contributed by atoms with Crippen molar-refractivity contribution < 1.29 is 19.6 Å². The third-order valence-electron chi connectivity index (χ3n) is 4.98. The van der Waals surface area contributed by atoms with E-state index in [4.69, 9.17) is 25.4 Å². The third-order valence-corrected chi connectivity index (χ3v) is 4.98. The molecule has 0 spiro atoms. The largest absolute Gasteiger partial charge is 0.451 e. The molecule has 0 bridgehead atoms. The van der Waals surface area contributed by atoms with Gasteiger partial charge in [-0.25, -0.2) is 0 Å². The molecule has 1 aromatic rings. The molecule has 1 saturated heterocycles. The Hall–Kier alpha value is -1.50. The molecule has 26 heavy (non-hydrogen) atoms. The first kappa shape index (κ1) is 22.5. The molecule has 7 heteroatoms. The van der Waals surface area contributed by atoms with Crippen molar-refractivity contribution in [3.8, 4) is 0 Å². The number of likely N-dealkylation sites (tertiary alicyclic amines) is 1. The van der Waals surface area contributed by atoms with Crippen LogP contribution < -0.4 is 5.73 Å². The van der Waals surface area contributed by atoms with E-state index in [-0.39, 0.29) is 12.2 Å². The summed E-state index contributed by atoms with van der Waals surface area (Å²) in [6, 6.07) is 9.02. The van der Waals surface area contributed by atoms with E-state index in [1.807, 2.05) is 0 Å². The van der Waals surface area contributed by atoms with Gasteiger partial charge in [0.25, 0.3) is 0 Å². The van der Waals surface area contributed by atoms with E-state index in [2.05, 4.69) is 36.1 Å². The molecule has 1 unspecified atom stereocenters. The lowest BCUT2D eigenvalue weighted by Crippen LogP contribution is -2.40. The molecule has 0 aromatic heterocycles. The van der Waals surface area contributed by atoms with Crippen molar-refractivity contribution in [1.82, 2.24) is 4.90 Å². The molecule has 144 valence electrons. The van der Waals surface area contributed by atoms with Crippen LogP contribution in [0.3, 0.4) is 0 Å². The van der Waals surface area contributed by atoms with Crippen LogP contribution in [0.5, 0.6) is 0 Å². The Morgan fingerprint density at radius 1 is 1.27 bits per heavy atom. The monoisotopic (exact) mass is 362 g/mol. The van der Waals surface area contributed by atoms with Crippen LogP contribution in [-0.2, 0) is 16.1 Å². The maximum Gasteiger partial charge on any atom is 0.451 e. The lowest BCUT2D eigenvalue weighted by molar-refractivity contribution is -0.191. The number of piperidine rings is 1. The van der Waals surface area contributed by atoms with Crippen LogP contribution in [0, 0.1) is 12.8 Å². The Labute approximate surface area is 156 Å². The number of nitrogens with two attached hydrogens (primary N) is 1. The van der Waals surface area contributed by atoms with Crippen molar-refractivity contribution >= 4 is 13.3 Å². The lowest BCUT2D eigenvalue weighted by Gasteiger charge is -2.35. The van der Waals surface area contributed by atoms with Crippen LogP contribution in [0.2, 0.25) is 6.32 Å². The molecule has 0 saturated carbocycles. The molecule has 0 radical (unpaired) electrons. The Bertz CT molecular complexity index is 542. The summed E-state index contributed by atoms with van der Waals surface area (Å²) in [5.41, 5.74) is 9.06. The van der Waals surface area contributed by atoms with E-state index in [0.717, 1.165) is 38.9 Å². The summed E-state index contributed by atoms with van der Waals surface area (Å²) in [6.45, 7) is 5.44. The summed E-state index contributed by atoms with van der Waals surface area (Å²) >= 11 is 0. The minimum absolute atomic E-state index is 0.250. The second-order valence-electron chi connectivity index (χ2n) is 7.11. The van der Waals surface area contributed by atoms with Gasteiger partial charge in [0.05, 0.1) is 0 Å². The van der Waals surface area contributed by atoms with Gasteiger partial charge in [0, 0.05) is 12.6 Å². The molecule has 4 N–H and O–H groups in total. The molecule has 1 fully saturated rings. The average molecular weight is 362 g/mol. The zero-order chi connectivity index (χ0) is 19.4. The maximum atomic E-state index is 8.85. The summed E-state index contributed by atoms with van der Waals surface area (Å²) < 4.78 is 0. The van der Waals surface area contributed by atoms with Gasteiger partial charge in [-0.05, 0) is 57.1 Å². The minimum atomic E-state index is -1.17. The van der Waals surface area contributed by atoms with Crippen molar-refractivity contribution in [2.24, 2.45) is 11.7 Å². The zero-order valence-electron chi connectivity index (χ0n) is 15.6. The van der Waals surface area contributed by atoms with Gasteiger partial charge in [-0.1, -0.05) is 42.7 Å². The first-order valence-corrected chi connectivity index (χ1v) is 9.35. The average Bonchev–Trinajstić information content (AvgIpc) is 2.60. The quantitative estimate of drug-likeness (QED) is 0.479. The number of rotatable bonds is 8. The van der Waals surface area contributed by atoms with E-state index >= 15 is 0 Å². The van der Waals surface area contributed by atoms with Gasteiger partial charge in [0.15, 0.2) is 0 Å². The summed E-state index contributed by atoms with van der Waals surface area (Å²) in [5.74, 6) is 0.614. The van der Waals surface area contributed by atoms with Crippen molar-refractivity contribution in [1.29, 1.82) is 0 Å². The van der Waals surface area contributed by atoms with Gasteiger partial charge in [-0.2, -0.15) is 9.59 Å². The molecule has 1 heterocycles. The minimum Gasteiger partial charge on any atom is -0.427 e. The topological polar surface area (TPSA) is 104 Å². The van der Waals surface area contributed by atoms with Gasteiger partial charge in [0.1, 0.15) is 0 Å². The van der Waals surface area contributed by atoms with Crippen molar-refractivity contribution in [3.05, 3.63) is 35.4 Å². The highest BCUT2D eigenvalue weighted by atomic mass is 16.4. The van der Waals surface area contributed by atoms with Crippen LogP contribution >= 0.6 is 0 Å². The van der Waals surface area contributed by atoms with Crippen LogP contribution in [0.15, 0.2) is 24.3 Å². The number of unbranched alkanes of at least 4 members (excludes halogenated alkanes) is 1. The lowest BCUT2D eigenvalue weighted by atomic mass is 9.82. The van der Waals surface area contributed by atoms with Crippen molar-refractivity contribution in [3.63, 3.8) is 0 Å². The second kappa shape index (κ2) is 12.8. The number of carbonyl (C=O) groups excluding carboxylic acids is 2. The fourth-order valence-corrected chi connectivity index (χ4v) is 3.55. The highest BCUT2D eigenvalue weighted by Gasteiger charge is 2.24. The Morgan fingerprint density at radius 3 is 2.50 bits per heavy atom. The molecule has 6 nitrogen and oxygen atoms in total. The molecule has 2 rings (SSSR count). The fraction of sp³-hybridized carbons (Fsp3) is 0.632. The number of aryl methyl sites for hydroxylation is 1. The van der Waals surface area contributed by atoms with Gasteiger partial charge in [-0.3, -0.25) is 4.90 Å². The maximum absolute atomic E-state index is 8.85. The standard InChI is InChI=1S/C18H31BN2O2.CO2/c1-15-5-4-6-16(13-15)14-21-11-8-17(9-12-21)18(20)7-2-3-10-19(22)23;2-1-3/h4-6,13,17-18,22-23H,2-3,7-12,14,20H2,1H3;. The van der Waals surface area contributed by atoms with E-state index in [1.165, 1.54) is 24.0 Å². The number of nitrogens with zero attached hydrogens (tertiary/aromatic N) is 1. The van der Waals surface area contributed by atoms with Crippen LogP contribution in [-0.4, -0.2) is 47.3 Å².